The Morgan fingerprint density at radius 1 is 1.18 bits per heavy atom. The van der Waals surface area contributed by atoms with E-state index < -0.39 is 0 Å². The highest BCUT2D eigenvalue weighted by Gasteiger charge is 2.40. The van der Waals surface area contributed by atoms with Crippen LogP contribution in [0.4, 0.5) is 0 Å². The van der Waals surface area contributed by atoms with Crippen LogP contribution in [0.1, 0.15) is 39.0 Å². The summed E-state index contributed by atoms with van der Waals surface area (Å²) in [5.74, 6) is 2.11. The Bertz CT molecular complexity index is 291. The van der Waals surface area contributed by atoms with Crippen molar-refractivity contribution in [3.05, 3.63) is 0 Å². The first-order valence-corrected chi connectivity index (χ1v) is 7.28. The summed E-state index contributed by atoms with van der Waals surface area (Å²) in [4.78, 5) is 14.7. The molecule has 1 saturated carbocycles. The summed E-state index contributed by atoms with van der Waals surface area (Å²) >= 11 is 0. The summed E-state index contributed by atoms with van der Waals surface area (Å²) in [6.45, 7) is 5.37. The fraction of sp³-hybridized carbons (Fsp3) is 0.929. The van der Waals surface area contributed by atoms with E-state index in [1.165, 1.54) is 25.7 Å². The molecule has 3 rings (SSSR count). The molecule has 2 saturated heterocycles. The van der Waals surface area contributed by atoms with E-state index in [1.807, 2.05) is 0 Å². The van der Waals surface area contributed by atoms with Gasteiger partial charge in [-0.15, -0.1) is 0 Å². The minimum atomic E-state index is 0.329. The van der Waals surface area contributed by atoms with Crippen LogP contribution in [-0.2, 0) is 4.79 Å². The van der Waals surface area contributed by atoms with Gasteiger partial charge in [-0.2, -0.15) is 0 Å². The van der Waals surface area contributed by atoms with Gasteiger partial charge in [0.05, 0.1) is 0 Å². The molecule has 17 heavy (non-hydrogen) atoms. The number of piperidine rings is 1. The van der Waals surface area contributed by atoms with Gasteiger partial charge in [-0.3, -0.25) is 4.79 Å². The van der Waals surface area contributed by atoms with Gasteiger partial charge in [-0.1, -0.05) is 13.3 Å². The lowest BCUT2D eigenvalue weighted by molar-refractivity contribution is -0.135. The second-order valence-corrected chi connectivity index (χ2v) is 6.22. The van der Waals surface area contributed by atoms with Crippen molar-refractivity contribution in [1.82, 2.24) is 10.2 Å². The lowest BCUT2D eigenvalue weighted by atomic mass is 9.94. The molecule has 0 spiro atoms. The first-order chi connectivity index (χ1) is 8.25. The fourth-order valence-corrected chi connectivity index (χ4v) is 3.97. The van der Waals surface area contributed by atoms with Crippen molar-refractivity contribution in [1.29, 1.82) is 0 Å². The zero-order chi connectivity index (χ0) is 11.8. The maximum Gasteiger partial charge on any atom is 0.226 e. The molecule has 0 aromatic heterocycles. The third-order valence-electron chi connectivity index (χ3n) is 5.09. The number of hydrogen-bond donors (Lipinski definition) is 1. The van der Waals surface area contributed by atoms with Crippen LogP contribution in [0.5, 0.6) is 0 Å². The van der Waals surface area contributed by atoms with Gasteiger partial charge in [0.2, 0.25) is 5.91 Å². The van der Waals surface area contributed by atoms with Gasteiger partial charge in [0.15, 0.2) is 0 Å². The molecule has 3 aliphatic rings. The van der Waals surface area contributed by atoms with Crippen LogP contribution in [0, 0.1) is 17.8 Å². The molecular formula is C14H24N2O. The number of nitrogens with zero attached hydrogens (tertiary/aromatic N) is 1. The van der Waals surface area contributed by atoms with Crippen molar-refractivity contribution in [3.8, 4) is 0 Å². The summed E-state index contributed by atoms with van der Waals surface area (Å²) in [5, 5.41) is 3.57. The minimum Gasteiger partial charge on any atom is -0.341 e. The van der Waals surface area contributed by atoms with Crippen LogP contribution in [0.2, 0.25) is 0 Å². The zero-order valence-corrected chi connectivity index (χ0v) is 10.8. The van der Waals surface area contributed by atoms with Gasteiger partial charge in [-0.05, 0) is 44.1 Å². The summed E-state index contributed by atoms with van der Waals surface area (Å²) in [6.07, 6.45) is 6.20. The van der Waals surface area contributed by atoms with Crippen molar-refractivity contribution in [2.45, 2.75) is 45.1 Å². The Hall–Kier alpha value is -0.570. The predicted molar refractivity (Wildman–Crippen MR) is 67.6 cm³/mol. The monoisotopic (exact) mass is 236 g/mol. The van der Waals surface area contributed by atoms with E-state index in [4.69, 9.17) is 0 Å². The molecule has 0 aromatic carbocycles. The largest absolute Gasteiger partial charge is 0.341 e. The van der Waals surface area contributed by atoms with Gasteiger partial charge in [0.1, 0.15) is 0 Å². The number of carbonyl (C=O) groups excluding carboxylic acids is 1. The average molecular weight is 236 g/mol. The molecule has 1 aliphatic carbocycles. The van der Waals surface area contributed by atoms with Gasteiger partial charge in [-0.25, -0.2) is 0 Å². The van der Waals surface area contributed by atoms with Crippen LogP contribution in [-0.4, -0.2) is 36.5 Å². The molecule has 0 radical (unpaired) electrons. The van der Waals surface area contributed by atoms with E-state index in [1.54, 1.807) is 0 Å². The highest BCUT2D eigenvalue weighted by Crippen LogP contribution is 2.34. The minimum absolute atomic E-state index is 0.329. The summed E-state index contributed by atoms with van der Waals surface area (Å²) in [5.41, 5.74) is 0. The summed E-state index contributed by atoms with van der Waals surface area (Å²) in [6, 6.07) is 0.587. The first-order valence-electron chi connectivity index (χ1n) is 7.28. The number of rotatable bonds is 1. The zero-order valence-electron chi connectivity index (χ0n) is 10.8. The second-order valence-electron chi connectivity index (χ2n) is 6.22. The van der Waals surface area contributed by atoms with Crippen molar-refractivity contribution >= 4 is 5.91 Å². The Kier molecular flexibility index (Phi) is 3.12. The average Bonchev–Trinajstić information content (AvgIpc) is 2.93. The second kappa shape index (κ2) is 4.60. The van der Waals surface area contributed by atoms with Crippen molar-refractivity contribution in [2.75, 3.05) is 19.6 Å². The summed E-state index contributed by atoms with van der Waals surface area (Å²) < 4.78 is 0. The maximum absolute atomic E-state index is 12.5. The number of nitrogens with one attached hydrogen (secondary N) is 1. The molecule has 0 aromatic rings. The Labute approximate surface area is 104 Å². The molecule has 2 unspecified atom stereocenters. The summed E-state index contributed by atoms with van der Waals surface area (Å²) in [7, 11) is 0. The fourth-order valence-electron chi connectivity index (χ4n) is 3.97. The van der Waals surface area contributed by atoms with Crippen molar-refractivity contribution in [2.24, 2.45) is 17.8 Å². The normalized spacial score (nSPS) is 41.6. The molecule has 2 aliphatic heterocycles. The topological polar surface area (TPSA) is 32.3 Å². The van der Waals surface area contributed by atoms with E-state index in [-0.39, 0.29) is 0 Å². The molecule has 96 valence electrons. The molecule has 2 heterocycles. The molecule has 1 N–H and O–H groups in total. The van der Waals surface area contributed by atoms with Crippen LogP contribution in [0.25, 0.3) is 0 Å². The third kappa shape index (κ3) is 2.10. The van der Waals surface area contributed by atoms with E-state index in [2.05, 4.69) is 17.1 Å². The molecule has 3 heteroatoms. The number of amides is 1. The van der Waals surface area contributed by atoms with Crippen LogP contribution < -0.4 is 5.32 Å². The Morgan fingerprint density at radius 3 is 2.76 bits per heavy atom. The SMILES string of the molecule is CC1CCCC1C(=O)N1C[C@@H]2CCCN[C@@H]2C1. The molecule has 0 bridgehead atoms. The molecule has 3 fully saturated rings. The van der Waals surface area contributed by atoms with Crippen LogP contribution >= 0.6 is 0 Å². The number of fused-ring (bicyclic) bond motifs is 1. The Morgan fingerprint density at radius 2 is 2.06 bits per heavy atom. The quantitative estimate of drug-likeness (QED) is 0.750. The standard InChI is InChI=1S/C14H24N2O/c1-10-4-2-6-12(10)14(17)16-8-11-5-3-7-15-13(11)9-16/h10-13,15H,2-9H2,1H3/t10?,11-,12?,13+/m0/s1. The van der Waals surface area contributed by atoms with Gasteiger partial charge >= 0.3 is 0 Å². The molecule has 3 nitrogen and oxygen atoms in total. The Balaban J connectivity index is 1.63. The highest BCUT2D eigenvalue weighted by atomic mass is 16.2. The number of likely N-dealkylation sites (tertiary alicyclic amines) is 1. The van der Waals surface area contributed by atoms with E-state index in [0.29, 0.717) is 23.8 Å². The lowest BCUT2D eigenvalue weighted by Gasteiger charge is -2.24. The smallest absolute Gasteiger partial charge is 0.226 e. The maximum atomic E-state index is 12.5. The molecule has 1 amide bonds. The van der Waals surface area contributed by atoms with E-state index in [0.717, 1.165) is 32.0 Å². The van der Waals surface area contributed by atoms with Crippen LogP contribution in [0.3, 0.4) is 0 Å². The van der Waals surface area contributed by atoms with Gasteiger partial charge < -0.3 is 10.2 Å². The third-order valence-corrected chi connectivity index (χ3v) is 5.09. The van der Waals surface area contributed by atoms with Gasteiger partial charge in [0.25, 0.3) is 0 Å². The van der Waals surface area contributed by atoms with E-state index >= 15 is 0 Å². The lowest BCUT2D eigenvalue weighted by Crippen LogP contribution is -2.41. The van der Waals surface area contributed by atoms with Crippen molar-refractivity contribution < 1.29 is 4.79 Å². The van der Waals surface area contributed by atoms with E-state index in [9.17, 15) is 4.79 Å². The number of hydrogen-bond acceptors (Lipinski definition) is 2. The molecule has 4 atom stereocenters. The van der Waals surface area contributed by atoms with Crippen LogP contribution in [0.15, 0.2) is 0 Å². The van der Waals surface area contributed by atoms with Crippen molar-refractivity contribution in [3.63, 3.8) is 0 Å². The highest BCUT2D eigenvalue weighted by molar-refractivity contribution is 5.79. The van der Waals surface area contributed by atoms with Gasteiger partial charge in [0, 0.05) is 25.0 Å². The first kappa shape index (κ1) is 11.5. The molecular weight excluding hydrogens is 212 g/mol. The predicted octanol–water partition coefficient (Wildman–Crippen LogP) is 1.63. The number of carbonyl (C=O) groups is 1.